The standard InChI is InChI=1S/C51H60FN7O9S/c1-30(2)36-6-4-5-7-37(36)38-10-8-32(26-60)47(38)58-28-51(29-58)16-18-57(19-17-51)33-9-11-39(44(20-33)68-34-21-40-41(52)25-54-48(40)53-24-34)49(61)56-69(65,66)35-22-43(59(63)64)46-45(23-35)67-27-42(55-46)31-12-14-50(3,62)15-13-31/h4-7,9,11,20-25,30-32,38,42,47,55,60,62H,8,10,12-19,26-29H2,1-3H3,(H,53,54)(H,56,61)/t31?,32-,38+,42-,47?,50?/m1/s1. The van der Waals surface area contributed by atoms with Crippen LogP contribution in [-0.2, 0) is 10.0 Å². The first-order chi connectivity index (χ1) is 33.0. The summed E-state index contributed by atoms with van der Waals surface area (Å²) in [5.41, 5.74) is 2.56. The second-order valence-electron chi connectivity index (χ2n) is 20.7. The number of carbonyl (C=O) groups is 1. The molecule has 2 saturated heterocycles. The molecule has 1 spiro atoms. The first kappa shape index (κ1) is 46.9. The number of nitro benzene ring substituents is 1. The molecule has 5 aliphatic rings. The average molecular weight is 966 g/mol. The molecule has 5 heterocycles. The van der Waals surface area contributed by atoms with Crippen LogP contribution in [0.5, 0.6) is 17.2 Å². The molecule has 4 atom stereocenters. The van der Waals surface area contributed by atoms with Gasteiger partial charge in [0.15, 0.2) is 11.4 Å². The molecule has 1 amide bonds. The molecule has 0 bridgehead atoms. The minimum atomic E-state index is -4.73. The molecule has 2 aromatic heterocycles. The van der Waals surface area contributed by atoms with E-state index >= 15 is 0 Å². The molecular formula is C51H60FN7O9S. The Morgan fingerprint density at radius 1 is 1.06 bits per heavy atom. The van der Waals surface area contributed by atoms with E-state index in [1.807, 2.05) is 0 Å². The number of halogens is 1. The van der Waals surface area contributed by atoms with Gasteiger partial charge >= 0.3 is 0 Å². The molecule has 366 valence electrons. The summed E-state index contributed by atoms with van der Waals surface area (Å²) in [6.07, 6.45) is 9.00. The largest absolute Gasteiger partial charge is 0.489 e. The maximum atomic E-state index is 14.7. The fourth-order valence-corrected chi connectivity index (χ4v) is 12.9. The number of H-pyrrole nitrogens is 1. The van der Waals surface area contributed by atoms with Gasteiger partial charge in [0.2, 0.25) is 0 Å². The molecule has 5 aromatic rings. The molecular weight excluding hydrogens is 906 g/mol. The predicted molar refractivity (Wildman–Crippen MR) is 258 cm³/mol. The van der Waals surface area contributed by atoms with E-state index < -0.39 is 42.9 Å². The van der Waals surface area contributed by atoms with Crippen LogP contribution in [0.25, 0.3) is 11.0 Å². The number of hydrogen-bond donors (Lipinski definition) is 5. The first-order valence-corrected chi connectivity index (χ1v) is 25.6. The number of carbonyl (C=O) groups excluding carboxylic acids is 1. The number of hydrogen-bond acceptors (Lipinski definition) is 13. The summed E-state index contributed by atoms with van der Waals surface area (Å²) in [7, 11) is -4.73. The third kappa shape index (κ3) is 9.12. The lowest BCUT2D eigenvalue weighted by atomic mass is 9.69. The first-order valence-electron chi connectivity index (χ1n) is 24.1. The zero-order chi connectivity index (χ0) is 48.4. The van der Waals surface area contributed by atoms with E-state index in [4.69, 9.17) is 9.47 Å². The topological polar surface area (TPSA) is 212 Å². The van der Waals surface area contributed by atoms with E-state index in [-0.39, 0.29) is 76.4 Å². The van der Waals surface area contributed by atoms with Crippen LogP contribution in [0, 0.1) is 33.2 Å². The number of aromatic amines is 1. The maximum Gasteiger partial charge on any atom is 0.297 e. The Morgan fingerprint density at radius 2 is 1.81 bits per heavy atom. The molecule has 1 unspecified atom stereocenters. The molecule has 18 heteroatoms. The Bertz CT molecular complexity index is 2880. The van der Waals surface area contributed by atoms with E-state index in [2.05, 4.69) is 67.9 Å². The number of aliphatic hydroxyl groups excluding tert-OH is 1. The lowest BCUT2D eigenvalue weighted by Gasteiger charge is -2.58. The van der Waals surface area contributed by atoms with Gasteiger partial charge in [-0.25, -0.2) is 22.5 Å². The third-order valence-electron chi connectivity index (χ3n) is 15.8. The second kappa shape index (κ2) is 18.2. The monoisotopic (exact) mass is 965 g/mol. The molecule has 3 aromatic carbocycles. The van der Waals surface area contributed by atoms with E-state index in [0.29, 0.717) is 43.2 Å². The minimum Gasteiger partial charge on any atom is -0.489 e. The highest BCUT2D eigenvalue weighted by Crippen LogP contribution is 2.51. The summed E-state index contributed by atoms with van der Waals surface area (Å²) in [5.74, 6) is -0.447. The van der Waals surface area contributed by atoms with Gasteiger partial charge in [0, 0.05) is 74.8 Å². The number of nitro groups is 1. The number of anilines is 2. The number of nitrogens with one attached hydrogen (secondary N) is 3. The van der Waals surface area contributed by atoms with Crippen LogP contribution in [-0.4, -0.2) is 101 Å². The Morgan fingerprint density at radius 3 is 2.54 bits per heavy atom. The SMILES string of the molecule is CC(C)c1ccccc1[C@@H]1CC[C@H](CO)C1N1CC2(CCN(c3ccc(C(=O)NS(=O)(=O)c4cc5c(c([N+](=O)[O-])c4)N[C@@H](C4CCC(C)(O)CC4)CO5)c(Oc4cnc5[nH]cc(F)c5c4)c3)CC2)C1. The van der Waals surface area contributed by atoms with Crippen molar-refractivity contribution in [3.8, 4) is 17.2 Å². The van der Waals surface area contributed by atoms with Gasteiger partial charge in [0.05, 0.1) is 38.6 Å². The molecule has 16 nitrogen and oxygen atoms in total. The predicted octanol–water partition coefficient (Wildman–Crippen LogP) is 8.22. The number of sulfonamides is 1. The molecule has 0 radical (unpaired) electrons. The highest BCUT2D eigenvalue weighted by molar-refractivity contribution is 7.90. The summed E-state index contributed by atoms with van der Waals surface area (Å²) in [6.45, 7) is 9.93. The number of piperidine rings is 1. The van der Waals surface area contributed by atoms with E-state index in [9.17, 15) is 37.9 Å². The molecule has 10 rings (SSSR count). The van der Waals surface area contributed by atoms with Gasteiger partial charge in [-0.2, -0.15) is 0 Å². The highest BCUT2D eigenvalue weighted by atomic mass is 32.2. The number of likely N-dealkylation sites (tertiary alicyclic amines) is 1. The summed E-state index contributed by atoms with van der Waals surface area (Å²) in [4.78, 5) is 37.1. The van der Waals surface area contributed by atoms with Gasteiger partial charge in [0.25, 0.3) is 21.6 Å². The van der Waals surface area contributed by atoms with Gasteiger partial charge in [-0.1, -0.05) is 38.1 Å². The highest BCUT2D eigenvalue weighted by Gasteiger charge is 2.52. The number of fused-ring (bicyclic) bond motifs is 2. The van der Waals surface area contributed by atoms with Crippen molar-refractivity contribution in [3.63, 3.8) is 0 Å². The second-order valence-corrected chi connectivity index (χ2v) is 22.4. The van der Waals surface area contributed by atoms with Gasteiger partial charge in [-0.3, -0.25) is 19.8 Å². The number of rotatable bonds is 12. The van der Waals surface area contributed by atoms with Crippen molar-refractivity contribution in [2.75, 3.05) is 49.6 Å². The zero-order valence-corrected chi connectivity index (χ0v) is 39.9. The van der Waals surface area contributed by atoms with Crippen LogP contribution >= 0.6 is 0 Å². The zero-order valence-electron chi connectivity index (χ0n) is 39.1. The van der Waals surface area contributed by atoms with Gasteiger partial charge in [0.1, 0.15) is 29.6 Å². The summed E-state index contributed by atoms with van der Waals surface area (Å²) in [5, 5.41) is 36.7. The Hall–Kier alpha value is -5.82. The molecule has 3 aliphatic heterocycles. The van der Waals surface area contributed by atoms with Crippen molar-refractivity contribution >= 4 is 44.0 Å². The molecule has 5 N–H and O–H groups in total. The number of aliphatic hydroxyl groups is 2. The number of benzene rings is 3. The third-order valence-corrected chi connectivity index (χ3v) is 17.1. The van der Waals surface area contributed by atoms with Crippen molar-refractivity contribution in [1.82, 2.24) is 19.6 Å². The van der Waals surface area contributed by atoms with Crippen molar-refractivity contribution in [1.29, 1.82) is 0 Å². The smallest absolute Gasteiger partial charge is 0.297 e. The maximum absolute atomic E-state index is 14.7. The molecule has 4 fully saturated rings. The molecule has 2 saturated carbocycles. The minimum absolute atomic E-state index is 0.00405. The van der Waals surface area contributed by atoms with Crippen molar-refractivity contribution < 1.29 is 42.2 Å². The fourth-order valence-electron chi connectivity index (χ4n) is 11.9. The number of pyridine rings is 1. The van der Waals surface area contributed by atoms with Crippen LogP contribution in [0.15, 0.2) is 78.0 Å². The van der Waals surface area contributed by atoms with Gasteiger partial charge < -0.3 is 34.9 Å². The number of nitrogens with zero attached hydrogens (tertiary/aromatic N) is 4. The molecule has 2 aliphatic carbocycles. The van der Waals surface area contributed by atoms with Crippen LogP contribution < -0.4 is 24.4 Å². The van der Waals surface area contributed by atoms with Crippen molar-refractivity contribution in [2.24, 2.45) is 17.3 Å². The Labute approximate surface area is 400 Å². The molecule has 69 heavy (non-hydrogen) atoms. The Balaban J connectivity index is 0.868. The fraction of sp³-hybridized carbons (Fsp3) is 0.490. The summed E-state index contributed by atoms with van der Waals surface area (Å²) in [6, 6.07) is 17.1. The van der Waals surface area contributed by atoms with E-state index in [1.54, 1.807) is 19.1 Å². The number of amides is 1. The van der Waals surface area contributed by atoms with Crippen LogP contribution in [0.2, 0.25) is 0 Å². The lowest BCUT2D eigenvalue weighted by molar-refractivity contribution is -0.384. The summed E-state index contributed by atoms with van der Waals surface area (Å²) < 4.78 is 57.0. The van der Waals surface area contributed by atoms with Gasteiger partial charge in [-0.15, -0.1) is 0 Å². The van der Waals surface area contributed by atoms with Crippen molar-refractivity contribution in [3.05, 3.63) is 106 Å². The summed E-state index contributed by atoms with van der Waals surface area (Å²) >= 11 is 0. The normalized spacial score (nSPS) is 25.7. The van der Waals surface area contributed by atoms with Crippen molar-refractivity contribution in [2.45, 2.75) is 107 Å². The lowest BCUT2D eigenvalue weighted by Crippen LogP contribution is -2.64. The quantitative estimate of drug-likeness (QED) is 0.0590. The number of aromatic nitrogens is 2. The van der Waals surface area contributed by atoms with Crippen LogP contribution in [0.3, 0.4) is 0 Å². The number of ether oxygens (including phenoxy) is 2. The van der Waals surface area contributed by atoms with Crippen LogP contribution in [0.1, 0.15) is 105 Å². The van der Waals surface area contributed by atoms with Gasteiger partial charge in [-0.05, 0) is 111 Å². The van der Waals surface area contributed by atoms with E-state index in [1.165, 1.54) is 35.7 Å². The van der Waals surface area contributed by atoms with Crippen LogP contribution in [0.4, 0.5) is 21.5 Å². The Kier molecular flexibility index (Phi) is 12.3. The average Bonchev–Trinajstić information content (AvgIpc) is 3.92. The van der Waals surface area contributed by atoms with E-state index in [0.717, 1.165) is 69.7 Å².